The first-order chi connectivity index (χ1) is 25.3. The van der Waals surface area contributed by atoms with Crippen molar-refractivity contribution in [2.75, 3.05) is 0 Å². The molecular weight excluding hydrogens is 629 g/mol. The van der Waals surface area contributed by atoms with E-state index >= 15 is 0 Å². The summed E-state index contributed by atoms with van der Waals surface area (Å²) in [6.07, 6.45) is -0.397. The van der Waals surface area contributed by atoms with Crippen molar-refractivity contribution in [3.63, 3.8) is 0 Å². The third kappa shape index (κ3) is 4.30. The lowest BCUT2D eigenvalue weighted by molar-refractivity contribution is 0.655. The number of amidine groups is 2. The molecule has 0 amide bonds. The Labute approximate surface area is 291 Å². The summed E-state index contributed by atoms with van der Waals surface area (Å²) >= 11 is 0. The van der Waals surface area contributed by atoms with E-state index in [4.69, 9.17) is 18.8 Å². The summed E-state index contributed by atoms with van der Waals surface area (Å²) in [6, 6.07) is 54.4. The molecule has 0 bridgehead atoms. The fraction of sp³-hybridized carbons (Fsp3) is 0.0222. The maximum Gasteiger partial charge on any atom is 0.159 e. The summed E-state index contributed by atoms with van der Waals surface area (Å²) in [7, 11) is 0. The maximum atomic E-state index is 6.62. The normalized spacial score (nSPS) is 14.9. The van der Waals surface area contributed by atoms with Crippen LogP contribution in [-0.4, -0.2) is 16.2 Å². The number of rotatable bonds is 4. The van der Waals surface area contributed by atoms with Gasteiger partial charge in [-0.05, 0) is 48.5 Å². The van der Waals surface area contributed by atoms with E-state index in [-0.39, 0.29) is 0 Å². The van der Waals surface area contributed by atoms with Crippen LogP contribution in [-0.2, 0) is 0 Å². The molecule has 1 aliphatic heterocycles. The van der Waals surface area contributed by atoms with E-state index in [0.29, 0.717) is 5.84 Å². The van der Waals surface area contributed by atoms with Gasteiger partial charge in [0, 0.05) is 54.7 Å². The highest BCUT2D eigenvalue weighted by molar-refractivity contribution is 6.24. The number of nitrogens with zero attached hydrogens (tertiary/aromatic N) is 3. The number of nitrogens with one attached hydrogen (secondary N) is 1. The van der Waals surface area contributed by atoms with Gasteiger partial charge in [-0.1, -0.05) is 109 Å². The monoisotopic (exact) mass is 656 g/mol. The topological polar surface area (TPSA) is 68.0 Å². The molecule has 3 aromatic heterocycles. The van der Waals surface area contributed by atoms with Crippen LogP contribution in [0.25, 0.3) is 71.4 Å². The molecule has 1 unspecified atom stereocenters. The highest BCUT2D eigenvalue weighted by Gasteiger charge is 2.25. The van der Waals surface area contributed by atoms with Crippen LogP contribution in [0.5, 0.6) is 0 Å². The Kier molecular flexibility index (Phi) is 5.92. The number of aromatic nitrogens is 1. The van der Waals surface area contributed by atoms with Crippen LogP contribution in [0.2, 0.25) is 0 Å². The van der Waals surface area contributed by atoms with Crippen molar-refractivity contribution in [3.05, 3.63) is 174 Å². The van der Waals surface area contributed by atoms with Crippen molar-refractivity contribution in [1.29, 1.82) is 0 Å². The minimum Gasteiger partial charge on any atom is -0.456 e. The zero-order valence-corrected chi connectivity index (χ0v) is 27.2. The van der Waals surface area contributed by atoms with Gasteiger partial charge >= 0.3 is 0 Å². The van der Waals surface area contributed by atoms with Gasteiger partial charge in [-0.25, -0.2) is 9.98 Å². The molecule has 1 atom stereocenters. The molecular formula is C45H28N4O2. The lowest BCUT2D eigenvalue weighted by Gasteiger charge is -2.24. The number of hydrogen-bond acceptors (Lipinski definition) is 5. The molecule has 51 heavy (non-hydrogen) atoms. The van der Waals surface area contributed by atoms with Gasteiger partial charge in [-0.2, -0.15) is 0 Å². The lowest BCUT2D eigenvalue weighted by Crippen LogP contribution is -2.33. The molecule has 0 saturated carbocycles. The van der Waals surface area contributed by atoms with Crippen LogP contribution in [0.3, 0.4) is 0 Å². The van der Waals surface area contributed by atoms with Crippen molar-refractivity contribution in [1.82, 2.24) is 9.88 Å². The summed E-state index contributed by atoms with van der Waals surface area (Å²) in [5.74, 6) is 1.39. The van der Waals surface area contributed by atoms with Gasteiger partial charge in [0.1, 0.15) is 34.3 Å². The fourth-order valence-corrected chi connectivity index (χ4v) is 7.73. The zero-order chi connectivity index (χ0) is 33.5. The number of hydrogen-bond donors (Lipinski definition) is 1. The van der Waals surface area contributed by atoms with E-state index in [1.165, 1.54) is 5.39 Å². The molecule has 0 fully saturated rings. The Morgan fingerprint density at radius 3 is 2.10 bits per heavy atom. The average molecular weight is 657 g/mol. The van der Waals surface area contributed by atoms with Gasteiger partial charge in [0.05, 0.1) is 11.0 Å². The number of fused-ring (bicyclic) bond motifs is 9. The van der Waals surface area contributed by atoms with Crippen molar-refractivity contribution in [3.8, 4) is 5.69 Å². The molecule has 240 valence electrons. The van der Waals surface area contributed by atoms with Crippen LogP contribution < -0.4 is 5.32 Å². The molecule has 11 rings (SSSR count). The van der Waals surface area contributed by atoms with Gasteiger partial charge < -0.3 is 18.7 Å². The molecule has 4 heterocycles. The molecule has 10 aromatic rings. The summed E-state index contributed by atoms with van der Waals surface area (Å²) in [5.41, 5.74) is 9.61. The highest BCUT2D eigenvalue weighted by atomic mass is 16.3. The number of aliphatic imine (C=N–C) groups is 2. The molecule has 0 aliphatic carbocycles. The van der Waals surface area contributed by atoms with Gasteiger partial charge in [-0.3, -0.25) is 0 Å². The predicted molar refractivity (Wildman–Crippen MR) is 207 cm³/mol. The van der Waals surface area contributed by atoms with Gasteiger partial charge in [0.15, 0.2) is 5.84 Å². The van der Waals surface area contributed by atoms with Crippen LogP contribution in [0.4, 0.5) is 0 Å². The van der Waals surface area contributed by atoms with Gasteiger partial charge in [0.2, 0.25) is 0 Å². The SMILES string of the molecule is c1ccc(C2=NC(c3ccc4c(c3)oc3ccccc34)NC(c3cccc4oc5cc6c7ccccc7n(-c7ccccc7)c6cc5c34)=N2)cc1. The number of furan rings is 2. The summed E-state index contributed by atoms with van der Waals surface area (Å²) in [4.78, 5) is 10.3. The Bertz CT molecular complexity index is 3060. The molecule has 0 radical (unpaired) electrons. The molecule has 1 N–H and O–H groups in total. The van der Waals surface area contributed by atoms with Crippen molar-refractivity contribution in [2.45, 2.75) is 6.17 Å². The van der Waals surface area contributed by atoms with Crippen LogP contribution in [0, 0.1) is 0 Å². The van der Waals surface area contributed by atoms with Crippen LogP contribution >= 0.6 is 0 Å². The fourth-order valence-electron chi connectivity index (χ4n) is 7.73. The summed E-state index contributed by atoms with van der Waals surface area (Å²) < 4.78 is 15.2. The smallest absolute Gasteiger partial charge is 0.159 e. The second-order valence-corrected chi connectivity index (χ2v) is 13.0. The quantitative estimate of drug-likeness (QED) is 0.205. The second kappa shape index (κ2) is 10.8. The van der Waals surface area contributed by atoms with E-state index in [2.05, 4.69) is 119 Å². The average Bonchev–Trinajstić information content (AvgIpc) is 3.86. The molecule has 1 aliphatic rings. The van der Waals surface area contributed by atoms with Gasteiger partial charge in [0.25, 0.3) is 0 Å². The molecule has 7 aromatic carbocycles. The van der Waals surface area contributed by atoms with Crippen molar-refractivity contribution >= 4 is 77.4 Å². The van der Waals surface area contributed by atoms with Crippen molar-refractivity contribution < 1.29 is 8.83 Å². The van der Waals surface area contributed by atoms with Crippen molar-refractivity contribution in [2.24, 2.45) is 9.98 Å². The number of benzene rings is 7. The van der Waals surface area contributed by atoms with Gasteiger partial charge in [-0.15, -0.1) is 0 Å². The minimum atomic E-state index is -0.397. The maximum absolute atomic E-state index is 6.62. The van der Waals surface area contributed by atoms with Crippen LogP contribution in [0.15, 0.2) is 177 Å². The van der Waals surface area contributed by atoms with Crippen LogP contribution in [0.1, 0.15) is 22.9 Å². The highest BCUT2D eigenvalue weighted by Crippen LogP contribution is 2.40. The summed E-state index contributed by atoms with van der Waals surface area (Å²) in [6.45, 7) is 0. The molecule has 6 heteroatoms. The summed E-state index contributed by atoms with van der Waals surface area (Å²) in [5, 5.41) is 10.3. The lowest BCUT2D eigenvalue weighted by atomic mass is 10.0. The Balaban J connectivity index is 1.12. The second-order valence-electron chi connectivity index (χ2n) is 13.0. The third-order valence-electron chi connectivity index (χ3n) is 10.1. The Morgan fingerprint density at radius 1 is 0.510 bits per heavy atom. The minimum absolute atomic E-state index is 0.397. The first-order valence-corrected chi connectivity index (χ1v) is 17.1. The largest absolute Gasteiger partial charge is 0.456 e. The predicted octanol–water partition coefficient (Wildman–Crippen LogP) is 11.1. The molecule has 0 saturated heterocycles. The van der Waals surface area contributed by atoms with E-state index in [0.717, 1.165) is 88.5 Å². The standard InChI is InChI=1S/C45H28N4O2/c1-3-12-27(13-4-1)43-46-44(28-22-23-32-31-17-8-10-20-38(31)50-40(32)24-28)48-45(47-43)33-18-11-21-39-42(33)35-25-37-34(26-41(35)51-39)30-16-7-9-19-36(30)49(37)29-14-5-2-6-15-29/h1-26,44H,(H,46,47,48). The first-order valence-electron chi connectivity index (χ1n) is 17.1. The molecule has 6 nitrogen and oxygen atoms in total. The van der Waals surface area contributed by atoms with E-state index in [1.54, 1.807) is 0 Å². The third-order valence-corrected chi connectivity index (χ3v) is 10.1. The Morgan fingerprint density at radius 2 is 1.22 bits per heavy atom. The molecule has 0 spiro atoms. The zero-order valence-electron chi connectivity index (χ0n) is 27.2. The van der Waals surface area contributed by atoms with E-state index < -0.39 is 6.17 Å². The first kappa shape index (κ1) is 28.0. The van der Waals surface area contributed by atoms with E-state index in [9.17, 15) is 0 Å². The van der Waals surface area contributed by atoms with E-state index in [1.807, 2.05) is 48.5 Å². The number of para-hydroxylation sites is 3. The Hall–Kier alpha value is -6.92.